The molecule has 0 spiro atoms. The minimum absolute atomic E-state index is 0.198. The molecule has 0 fully saturated rings. The Morgan fingerprint density at radius 3 is 2.06 bits per heavy atom. The molecular formula is C28H33NO6. The minimum Gasteiger partial charge on any atom is -0.496 e. The molecule has 0 atom stereocenters. The topological polar surface area (TPSA) is 79.2 Å². The lowest BCUT2D eigenvalue weighted by molar-refractivity contribution is -0.105. The number of benzene rings is 2. The third-order valence-corrected chi connectivity index (χ3v) is 6.49. The molecule has 1 aromatic heterocycles. The van der Waals surface area contributed by atoms with Crippen molar-refractivity contribution in [2.24, 2.45) is 0 Å². The summed E-state index contributed by atoms with van der Waals surface area (Å²) >= 11 is 0. The summed E-state index contributed by atoms with van der Waals surface area (Å²) in [6, 6.07) is 11.3. The molecule has 1 aliphatic rings. The predicted molar refractivity (Wildman–Crippen MR) is 134 cm³/mol. The number of fused-ring (bicyclic) bond motifs is 1. The van der Waals surface area contributed by atoms with E-state index in [1.807, 2.05) is 6.07 Å². The molecule has 0 saturated carbocycles. The van der Waals surface area contributed by atoms with Gasteiger partial charge in [-0.2, -0.15) is 0 Å². The summed E-state index contributed by atoms with van der Waals surface area (Å²) in [7, 11) is 4.58. The fraction of sp³-hybridized carbons (Fsp3) is 0.393. The molecule has 0 radical (unpaired) electrons. The monoisotopic (exact) mass is 479 g/mol. The van der Waals surface area contributed by atoms with Crippen molar-refractivity contribution in [3.05, 3.63) is 70.2 Å². The maximum Gasteiger partial charge on any atom is 0.291 e. The van der Waals surface area contributed by atoms with Gasteiger partial charge in [-0.05, 0) is 69.0 Å². The third kappa shape index (κ3) is 4.60. The van der Waals surface area contributed by atoms with Crippen LogP contribution >= 0.6 is 0 Å². The molecule has 35 heavy (non-hydrogen) atoms. The van der Waals surface area contributed by atoms with Gasteiger partial charge in [0, 0.05) is 18.6 Å². The number of carbonyl (C=O) groups is 1. The van der Waals surface area contributed by atoms with Gasteiger partial charge in [0.2, 0.25) is 0 Å². The molecule has 4 rings (SSSR count). The van der Waals surface area contributed by atoms with E-state index in [0.717, 1.165) is 11.1 Å². The summed E-state index contributed by atoms with van der Waals surface area (Å²) in [6.45, 7) is 10.5. The van der Waals surface area contributed by atoms with Gasteiger partial charge in [0.1, 0.15) is 28.7 Å². The van der Waals surface area contributed by atoms with Crippen molar-refractivity contribution >= 4 is 11.6 Å². The van der Waals surface area contributed by atoms with E-state index in [0.29, 0.717) is 35.1 Å². The lowest BCUT2D eigenvalue weighted by atomic mass is 9.86. The molecule has 2 aromatic carbocycles. The van der Waals surface area contributed by atoms with Crippen LogP contribution in [-0.4, -0.2) is 27.2 Å². The Morgan fingerprint density at radius 1 is 0.886 bits per heavy atom. The van der Waals surface area contributed by atoms with Crippen molar-refractivity contribution in [1.29, 1.82) is 0 Å². The second-order valence-electron chi connectivity index (χ2n) is 9.75. The maximum absolute atomic E-state index is 13.0. The first-order valence-electron chi connectivity index (χ1n) is 11.5. The van der Waals surface area contributed by atoms with Gasteiger partial charge in [-0.15, -0.1) is 0 Å². The molecule has 0 unspecified atom stereocenters. The summed E-state index contributed by atoms with van der Waals surface area (Å²) < 4.78 is 28.3. The molecule has 186 valence electrons. The van der Waals surface area contributed by atoms with Crippen molar-refractivity contribution in [2.45, 2.75) is 52.2 Å². The molecule has 7 nitrogen and oxygen atoms in total. The molecule has 0 saturated heterocycles. The van der Waals surface area contributed by atoms with Crippen LogP contribution < -0.4 is 19.5 Å². The van der Waals surface area contributed by atoms with Crippen molar-refractivity contribution < 1.29 is 28.2 Å². The summed E-state index contributed by atoms with van der Waals surface area (Å²) in [4.78, 5) is 13.0. The van der Waals surface area contributed by atoms with Crippen LogP contribution in [0.25, 0.3) is 0 Å². The van der Waals surface area contributed by atoms with Gasteiger partial charge in [-0.25, -0.2) is 0 Å². The van der Waals surface area contributed by atoms with Crippen LogP contribution in [0.15, 0.2) is 40.8 Å². The first-order chi connectivity index (χ1) is 16.5. The van der Waals surface area contributed by atoms with E-state index < -0.39 is 5.91 Å². The molecule has 1 N–H and O–H groups in total. The lowest BCUT2D eigenvalue weighted by Crippen LogP contribution is -2.22. The van der Waals surface area contributed by atoms with Crippen molar-refractivity contribution in [2.75, 3.05) is 26.6 Å². The molecule has 2 heterocycles. The van der Waals surface area contributed by atoms with Gasteiger partial charge in [0.25, 0.3) is 5.91 Å². The van der Waals surface area contributed by atoms with E-state index in [1.54, 1.807) is 25.3 Å². The summed E-state index contributed by atoms with van der Waals surface area (Å²) in [5, 5.41) is 2.84. The number of amides is 1. The van der Waals surface area contributed by atoms with E-state index >= 15 is 0 Å². The van der Waals surface area contributed by atoms with E-state index in [4.69, 9.17) is 23.4 Å². The SMILES string of the molecule is COc1cc(OC)c(NC(=O)c2ccc(Cc3cc4c(cc3C)C(C)(C)OC4(C)C)o2)c(OC)c1. The van der Waals surface area contributed by atoms with Crippen molar-refractivity contribution in [3.8, 4) is 17.2 Å². The normalized spacial score (nSPS) is 15.4. The Morgan fingerprint density at radius 2 is 1.49 bits per heavy atom. The lowest BCUT2D eigenvalue weighted by Gasteiger charge is -2.24. The van der Waals surface area contributed by atoms with Gasteiger partial charge >= 0.3 is 0 Å². The first kappa shape index (κ1) is 24.7. The molecule has 7 heteroatoms. The number of furan rings is 1. The predicted octanol–water partition coefficient (Wildman–Crippen LogP) is 5.96. The number of hydrogen-bond acceptors (Lipinski definition) is 6. The van der Waals surface area contributed by atoms with Crippen molar-refractivity contribution in [3.63, 3.8) is 0 Å². The van der Waals surface area contributed by atoms with Gasteiger partial charge in [0.05, 0.1) is 32.5 Å². The van der Waals surface area contributed by atoms with Crippen LogP contribution in [0.2, 0.25) is 0 Å². The average molecular weight is 480 g/mol. The largest absolute Gasteiger partial charge is 0.496 e. The highest BCUT2D eigenvalue weighted by Gasteiger charge is 2.43. The average Bonchev–Trinajstić information content (AvgIpc) is 3.34. The van der Waals surface area contributed by atoms with Gasteiger partial charge in [-0.3, -0.25) is 4.79 Å². The van der Waals surface area contributed by atoms with Gasteiger partial charge in [0.15, 0.2) is 5.76 Å². The van der Waals surface area contributed by atoms with Gasteiger partial charge in [-0.1, -0.05) is 12.1 Å². The van der Waals surface area contributed by atoms with Crippen molar-refractivity contribution in [1.82, 2.24) is 0 Å². The highest BCUT2D eigenvalue weighted by atomic mass is 16.5. The van der Waals surface area contributed by atoms with Crippen LogP contribution in [0, 0.1) is 6.92 Å². The molecule has 0 bridgehead atoms. The zero-order chi connectivity index (χ0) is 25.5. The smallest absolute Gasteiger partial charge is 0.291 e. The van der Waals surface area contributed by atoms with Gasteiger partial charge < -0.3 is 28.7 Å². The summed E-state index contributed by atoms with van der Waals surface area (Å²) in [5.41, 5.74) is 4.40. The summed E-state index contributed by atoms with van der Waals surface area (Å²) in [6.07, 6.45) is 0.568. The standard InChI is InChI=1S/C28H33NO6/c1-16-11-20-21(28(4,5)35-27(20,2)3)13-17(16)12-18-9-10-22(34-18)26(30)29-25-23(32-7)14-19(31-6)15-24(25)33-8/h9-11,13-15H,12H2,1-8H3,(H,29,30). The Labute approximate surface area is 206 Å². The number of nitrogens with one attached hydrogen (secondary N) is 1. The maximum atomic E-state index is 13.0. The molecular weight excluding hydrogens is 446 g/mol. The highest BCUT2D eigenvalue weighted by molar-refractivity contribution is 6.04. The van der Waals surface area contributed by atoms with Crippen LogP contribution in [0.4, 0.5) is 5.69 Å². The zero-order valence-corrected chi connectivity index (χ0v) is 21.6. The minimum atomic E-state index is -0.403. The molecule has 0 aliphatic carbocycles. The Hall–Kier alpha value is -3.45. The van der Waals surface area contributed by atoms with Crippen LogP contribution in [-0.2, 0) is 22.4 Å². The van der Waals surface area contributed by atoms with Crippen LogP contribution in [0.5, 0.6) is 17.2 Å². The number of aryl methyl sites for hydroxylation is 1. The van der Waals surface area contributed by atoms with Crippen LogP contribution in [0.1, 0.15) is 66.3 Å². The number of carbonyl (C=O) groups excluding carboxylic acids is 1. The Balaban J connectivity index is 1.57. The fourth-order valence-electron chi connectivity index (χ4n) is 4.77. The van der Waals surface area contributed by atoms with E-state index in [1.165, 1.54) is 25.3 Å². The quantitative estimate of drug-likeness (QED) is 0.451. The van der Waals surface area contributed by atoms with Crippen LogP contribution in [0.3, 0.4) is 0 Å². The summed E-state index contributed by atoms with van der Waals surface area (Å²) in [5.74, 6) is 1.88. The fourth-order valence-corrected chi connectivity index (χ4v) is 4.77. The third-order valence-electron chi connectivity index (χ3n) is 6.49. The number of rotatable bonds is 7. The first-order valence-corrected chi connectivity index (χ1v) is 11.5. The number of hydrogen-bond donors (Lipinski definition) is 1. The Bertz CT molecular complexity index is 1250. The highest BCUT2D eigenvalue weighted by Crippen LogP contribution is 2.47. The van der Waals surface area contributed by atoms with E-state index in [-0.39, 0.29) is 17.0 Å². The number of ether oxygens (including phenoxy) is 4. The molecule has 3 aromatic rings. The second kappa shape index (κ2) is 8.96. The number of anilines is 1. The second-order valence-corrected chi connectivity index (χ2v) is 9.75. The van der Waals surface area contributed by atoms with E-state index in [2.05, 4.69) is 52.1 Å². The molecule has 1 amide bonds. The van der Waals surface area contributed by atoms with E-state index in [9.17, 15) is 4.79 Å². The molecule has 1 aliphatic heterocycles. The Kier molecular flexibility index (Phi) is 6.32. The zero-order valence-electron chi connectivity index (χ0n) is 21.6. The number of methoxy groups -OCH3 is 3.